The van der Waals surface area contributed by atoms with Gasteiger partial charge in [0.15, 0.2) is 5.58 Å². The number of anilines is 1. The van der Waals surface area contributed by atoms with E-state index >= 15 is 0 Å². The molecule has 90 valence electrons. The molecule has 0 bridgehead atoms. The Hall–Kier alpha value is -2.01. The van der Waals surface area contributed by atoms with E-state index in [4.69, 9.17) is 10.2 Å². The fraction of sp³-hybridized carbons (Fsp3) is 0.0769. The highest BCUT2D eigenvalue weighted by molar-refractivity contribution is 7.99. The van der Waals surface area contributed by atoms with Gasteiger partial charge in [0.05, 0.1) is 0 Å². The minimum Gasteiger partial charge on any atom is -0.431 e. The summed E-state index contributed by atoms with van der Waals surface area (Å²) in [6, 6.07) is 9.37. The van der Waals surface area contributed by atoms with Crippen LogP contribution in [0.15, 0.2) is 51.2 Å². The Morgan fingerprint density at radius 3 is 2.94 bits per heavy atom. The van der Waals surface area contributed by atoms with Crippen molar-refractivity contribution in [2.24, 2.45) is 0 Å². The van der Waals surface area contributed by atoms with Crippen molar-refractivity contribution < 1.29 is 4.42 Å². The molecule has 0 aliphatic heterocycles. The molecular weight excluding hydrogens is 246 g/mol. The Labute approximate surface area is 108 Å². The number of nitrogens with two attached hydrogens (primary N) is 1. The van der Waals surface area contributed by atoms with E-state index in [-0.39, 0.29) is 0 Å². The number of benzene rings is 1. The monoisotopic (exact) mass is 257 g/mol. The first-order chi connectivity index (χ1) is 8.70. The Kier molecular flexibility index (Phi) is 2.68. The Morgan fingerprint density at radius 1 is 1.22 bits per heavy atom. The number of rotatable bonds is 2. The highest BCUT2D eigenvalue weighted by Gasteiger charge is 2.08. The molecule has 0 saturated heterocycles. The molecule has 3 aromatic rings. The lowest BCUT2D eigenvalue weighted by molar-refractivity contribution is 0.489. The van der Waals surface area contributed by atoms with Gasteiger partial charge in [-0.3, -0.25) is 0 Å². The fourth-order valence-electron chi connectivity index (χ4n) is 1.62. The maximum Gasteiger partial charge on any atom is 0.263 e. The minimum atomic E-state index is 0.578. The molecule has 0 spiro atoms. The molecule has 0 atom stereocenters. The number of pyridine rings is 1. The van der Waals surface area contributed by atoms with Crippen molar-refractivity contribution in [3.05, 3.63) is 42.1 Å². The zero-order valence-electron chi connectivity index (χ0n) is 9.75. The minimum absolute atomic E-state index is 0.578. The second kappa shape index (κ2) is 4.34. The van der Waals surface area contributed by atoms with Crippen LogP contribution >= 0.6 is 11.8 Å². The molecule has 0 aliphatic rings. The number of oxazole rings is 1. The summed E-state index contributed by atoms with van der Waals surface area (Å²) in [6.07, 6.45) is 1.78. The van der Waals surface area contributed by atoms with Gasteiger partial charge in [-0.2, -0.15) is 0 Å². The average molecular weight is 257 g/mol. The van der Waals surface area contributed by atoms with Crippen molar-refractivity contribution in [3.8, 4) is 0 Å². The highest BCUT2D eigenvalue weighted by atomic mass is 32.2. The topological polar surface area (TPSA) is 64.9 Å². The van der Waals surface area contributed by atoms with Crippen LogP contribution in [0.25, 0.3) is 11.1 Å². The van der Waals surface area contributed by atoms with Gasteiger partial charge < -0.3 is 10.2 Å². The van der Waals surface area contributed by atoms with E-state index in [2.05, 4.69) is 9.97 Å². The third kappa shape index (κ3) is 2.17. The standard InChI is InChI=1S/C13H11N3OS/c1-8-4-5-15-12(6-8)18-13-16-10-7-9(14)2-3-11(10)17-13/h2-7H,14H2,1H3. The number of hydrogen-bond acceptors (Lipinski definition) is 5. The van der Waals surface area contributed by atoms with E-state index in [0.717, 1.165) is 21.7 Å². The second-order valence-electron chi connectivity index (χ2n) is 3.98. The predicted octanol–water partition coefficient (Wildman–Crippen LogP) is 3.26. The number of nitrogens with zero attached hydrogens (tertiary/aromatic N) is 2. The number of aromatic nitrogens is 2. The molecular formula is C13H11N3OS. The maximum absolute atomic E-state index is 5.70. The zero-order valence-corrected chi connectivity index (χ0v) is 10.6. The lowest BCUT2D eigenvalue weighted by Crippen LogP contribution is -1.82. The summed E-state index contributed by atoms with van der Waals surface area (Å²) in [5.41, 5.74) is 9.05. The van der Waals surface area contributed by atoms with Crippen molar-refractivity contribution in [2.45, 2.75) is 17.2 Å². The Bertz CT molecular complexity index is 708. The first kappa shape index (κ1) is 11.1. The summed E-state index contributed by atoms with van der Waals surface area (Å²) in [5.74, 6) is 0. The first-order valence-corrected chi connectivity index (χ1v) is 6.29. The summed E-state index contributed by atoms with van der Waals surface area (Å²) >= 11 is 1.40. The highest BCUT2D eigenvalue weighted by Crippen LogP contribution is 2.29. The molecule has 2 aromatic heterocycles. The van der Waals surface area contributed by atoms with Gasteiger partial charge in [0.2, 0.25) is 0 Å². The van der Waals surface area contributed by atoms with Crippen LogP contribution in [0, 0.1) is 6.92 Å². The van der Waals surface area contributed by atoms with E-state index in [0.29, 0.717) is 10.9 Å². The Morgan fingerprint density at radius 2 is 2.11 bits per heavy atom. The van der Waals surface area contributed by atoms with Crippen LogP contribution < -0.4 is 5.73 Å². The van der Waals surface area contributed by atoms with Gasteiger partial charge in [-0.15, -0.1) is 0 Å². The van der Waals surface area contributed by atoms with Crippen LogP contribution in [0.2, 0.25) is 0 Å². The summed E-state index contributed by atoms with van der Waals surface area (Å²) in [4.78, 5) is 8.64. The molecule has 4 nitrogen and oxygen atoms in total. The second-order valence-corrected chi connectivity index (χ2v) is 4.95. The Balaban J connectivity index is 1.95. The van der Waals surface area contributed by atoms with Crippen LogP contribution in [-0.4, -0.2) is 9.97 Å². The normalized spacial score (nSPS) is 10.9. The molecule has 0 amide bonds. The van der Waals surface area contributed by atoms with E-state index in [9.17, 15) is 0 Å². The molecule has 3 rings (SSSR count). The van der Waals surface area contributed by atoms with Crippen LogP contribution in [0.4, 0.5) is 5.69 Å². The van der Waals surface area contributed by atoms with Gasteiger partial charge >= 0.3 is 0 Å². The molecule has 0 unspecified atom stereocenters. The summed E-state index contributed by atoms with van der Waals surface area (Å²) in [5, 5.41) is 1.45. The maximum atomic E-state index is 5.70. The number of fused-ring (bicyclic) bond motifs is 1. The first-order valence-electron chi connectivity index (χ1n) is 5.47. The van der Waals surface area contributed by atoms with Gasteiger partial charge in [0.25, 0.3) is 5.22 Å². The van der Waals surface area contributed by atoms with Crippen molar-refractivity contribution in [3.63, 3.8) is 0 Å². The van der Waals surface area contributed by atoms with E-state index in [1.54, 1.807) is 18.3 Å². The molecule has 18 heavy (non-hydrogen) atoms. The fourth-order valence-corrected chi connectivity index (χ4v) is 2.43. The summed E-state index contributed by atoms with van der Waals surface area (Å²) < 4.78 is 5.62. The summed E-state index contributed by atoms with van der Waals surface area (Å²) in [7, 11) is 0. The van der Waals surface area contributed by atoms with Crippen LogP contribution in [0.5, 0.6) is 0 Å². The smallest absolute Gasteiger partial charge is 0.263 e. The summed E-state index contributed by atoms with van der Waals surface area (Å²) in [6.45, 7) is 2.03. The molecule has 1 aromatic carbocycles. The van der Waals surface area contributed by atoms with Crippen molar-refractivity contribution in [2.75, 3.05) is 5.73 Å². The van der Waals surface area contributed by atoms with E-state index in [1.165, 1.54) is 11.8 Å². The number of nitrogen functional groups attached to an aromatic ring is 1. The molecule has 0 fully saturated rings. The van der Waals surface area contributed by atoms with Crippen molar-refractivity contribution >= 4 is 28.5 Å². The third-order valence-electron chi connectivity index (χ3n) is 2.47. The van der Waals surface area contributed by atoms with Gasteiger partial charge in [-0.1, -0.05) is 0 Å². The third-order valence-corrected chi connectivity index (χ3v) is 3.26. The number of hydrogen-bond donors (Lipinski definition) is 1. The molecule has 2 heterocycles. The molecule has 0 aliphatic carbocycles. The van der Waals surface area contributed by atoms with Crippen molar-refractivity contribution in [1.29, 1.82) is 0 Å². The van der Waals surface area contributed by atoms with Crippen molar-refractivity contribution in [1.82, 2.24) is 9.97 Å². The van der Waals surface area contributed by atoms with E-state index in [1.807, 2.05) is 25.1 Å². The molecule has 0 saturated carbocycles. The van der Waals surface area contributed by atoms with Gasteiger partial charge in [0, 0.05) is 11.9 Å². The van der Waals surface area contributed by atoms with Crippen LogP contribution in [0.1, 0.15) is 5.56 Å². The van der Waals surface area contributed by atoms with Crippen LogP contribution in [-0.2, 0) is 0 Å². The van der Waals surface area contributed by atoms with Gasteiger partial charge in [-0.25, -0.2) is 9.97 Å². The predicted molar refractivity (Wildman–Crippen MR) is 71.5 cm³/mol. The quantitative estimate of drug-likeness (QED) is 0.714. The molecule has 2 N–H and O–H groups in total. The molecule has 5 heteroatoms. The van der Waals surface area contributed by atoms with Gasteiger partial charge in [-0.05, 0) is 54.6 Å². The lowest BCUT2D eigenvalue weighted by atomic mass is 10.3. The SMILES string of the molecule is Cc1ccnc(Sc2nc3cc(N)ccc3o2)c1. The largest absolute Gasteiger partial charge is 0.431 e. The number of aryl methyl sites for hydroxylation is 1. The van der Waals surface area contributed by atoms with E-state index < -0.39 is 0 Å². The lowest BCUT2D eigenvalue weighted by Gasteiger charge is -1.96. The van der Waals surface area contributed by atoms with Gasteiger partial charge in [0.1, 0.15) is 10.5 Å². The molecule has 0 radical (unpaired) electrons. The zero-order chi connectivity index (χ0) is 12.5. The average Bonchev–Trinajstić information content (AvgIpc) is 2.70. The van der Waals surface area contributed by atoms with Crippen LogP contribution in [0.3, 0.4) is 0 Å².